The molecule has 1 aliphatic carbocycles. The Kier molecular flexibility index (Phi) is 1.54. The Labute approximate surface area is 104 Å². The molecule has 2 nitrogen and oxygen atoms in total. The van der Waals surface area contributed by atoms with Crippen LogP contribution in [0.3, 0.4) is 0 Å². The van der Waals surface area contributed by atoms with Crippen molar-refractivity contribution in [1.82, 2.24) is 0 Å². The fraction of sp³-hybridized carbons (Fsp3) is 0.500. The van der Waals surface area contributed by atoms with Gasteiger partial charge in [0.2, 0.25) is 0 Å². The SMILES string of the molecule is O=S1(=O)C2(I)C=C[C@@H]3[C@@H](C=C2)C31I. The van der Waals surface area contributed by atoms with Crippen LogP contribution in [-0.4, -0.2) is 13.9 Å². The molecule has 2 heterocycles. The van der Waals surface area contributed by atoms with E-state index in [1.165, 1.54) is 0 Å². The van der Waals surface area contributed by atoms with E-state index in [1.807, 2.05) is 34.7 Å². The van der Waals surface area contributed by atoms with E-state index in [-0.39, 0.29) is 11.8 Å². The van der Waals surface area contributed by atoms with Gasteiger partial charge in [0.05, 0.1) is 0 Å². The first-order valence-electron chi connectivity index (χ1n) is 3.94. The van der Waals surface area contributed by atoms with Gasteiger partial charge in [0, 0.05) is 11.8 Å². The molecule has 0 radical (unpaired) electrons. The van der Waals surface area contributed by atoms with Gasteiger partial charge >= 0.3 is 0 Å². The zero-order valence-electron chi connectivity index (χ0n) is 6.44. The first-order valence-corrected chi connectivity index (χ1v) is 7.58. The molecule has 5 heteroatoms. The summed E-state index contributed by atoms with van der Waals surface area (Å²) in [6.07, 6.45) is 7.77. The molecule has 1 saturated carbocycles. The number of fused-ring (bicyclic) bond motifs is 2. The highest BCUT2D eigenvalue weighted by Gasteiger charge is 2.76. The lowest BCUT2D eigenvalue weighted by Crippen LogP contribution is -2.40. The molecule has 2 aliphatic heterocycles. The van der Waals surface area contributed by atoms with Gasteiger partial charge in [0.1, 0.15) is 2.75 Å². The molecule has 0 N–H and O–H groups in total. The normalized spacial score (nSPS) is 59.2. The number of rotatable bonds is 0. The minimum absolute atomic E-state index is 0.222. The zero-order valence-corrected chi connectivity index (χ0v) is 11.6. The van der Waals surface area contributed by atoms with Gasteiger partial charge in [-0.3, -0.25) is 0 Å². The quantitative estimate of drug-likeness (QED) is 0.342. The van der Waals surface area contributed by atoms with E-state index in [2.05, 4.69) is 34.7 Å². The Balaban J connectivity index is 2.41. The fourth-order valence-electron chi connectivity index (χ4n) is 2.19. The number of allylic oxidation sites excluding steroid dienone is 2. The molecule has 2 bridgehead atoms. The van der Waals surface area contributed by atoms with E-state index in [0.717, 1.165) is 0 Å². The topological polar surface area (TPSA) is 34.1 Å². The Hall–Kier alpha value is 0.890. The molecule has 0 aromatic carbocycles. The number of halogens is 2. The molecular weight excluding hydrogens is 414 g/mol. The fourth-order valence-corrected chi connectivity index (χ4v) is 9.16. The van der Waals surface area contributed by atoms with Gasteiger partial charge in [-0.1, -0.05) is 69.5 Å². The molecule has 0 aromatic rings. The van der Waals surface area contributed by atoms with Gasteiger partial charge in [-0.25, -0.2) is 8.42 Å². The molecule has 3 rings (SSSR count). The third-order valence-electron chi connectivity index (χ3n) is 3.07. The molecule has 0 aromatic heterocycles. The monoisotopic (exact) mass is 420 g/mol. The lowest BCUT2D eigenvalue weighted by molar-refractivity contribution is 0.585. The van der Waals surface area contributed by atoms with E-state index in [0.29, 0.717) is 0 Å². The first-order chi connectivity index (χ1) is 5.93. The number of sulfone groups is 1. The average Bonchev–Trinajstić information content (AvgIpc) is 2.68. The van der Waals surface area contributed by atoms with E-state index < -0.39 is 15.3 Å². The highest BCUT2D eigenvalue weighted by atomic mass is 127. The molecule has 70 valence electrons. The second-order valence-corrected chi connectivity index (χ2v) is 11.1. The molecule has 13 heavy (non-hydrogen) atoms. The van der Waals surface area contributed by atoms with Crippen molar-refractivity contribution < 1.29 is 8.42 Å². The summed E-state index contributed by atoms with van der Waals surface area (Å²) in [4.78, 5) is 0. The van der Waals surface area contributed by atoms with Gasteiger partial charge in [-0.2, -0.15) is 0 Å². The molecule has 0 saturated heterocycles. The van der Waals surface area contributed by atoms with Crippen LogP contribution in [-0.2, 0) is 9.84 Å². The molecule has 0 spiro atoms. The predicted octanol–water partition coefficient (Wildman–Crippen LogP) is 2.05. The van der Waals surface area contributed by atoms with Crippen LogP contribution in [0.15, 0.2) is 24.3 Å². The van der Waals surface area contributed by atoms with Gasteiger partial charge in [-0.15, -0.1) is 0 Å². The Morgan fingerprint density at radius 2 is 1.54 bits per heavy atom. The van der Waals surface area contributed by atoms with Crippen LogP contribution in [0.2, 0.25) is 0 Å². The van der Waals surface area contributed by atoms with Crippen molar-refractivity contribution in [2.75, 3.05) is 0 Å². The van der Waals surface area contributed by atoms with E-state index in [4.69, 9.17) is 0 Å². The summed E-state index contributed by atoms with van der Waals surface area (Å²) >= 11 is 4.14. The highest BCUT2D eigenvalue weighted by Crippen LogP contribution is 2.70. The van der Waals surface area contributed by atoms with Crippen molar-refractivity contribution in [3.63, 3.8) is 0 Å². The first kappa shape index (κ1) is 9.14. The van der Waals surface area contributed by atoms with Gasteiger partial charge in [-0.05, 0) is 0 Å². The van der Waals surface area contributed by atoms with E-state index >= 15 is 0 Å². The van der Waals surface area contributed by atoms with Crippen LogP contribution in [0.5, 0.6) is 0 Å². The smallest absolute Gasteiger partial charge is 0.188 e. The predicted molar refractivity (Wildman–Crippen MR) is 67.7 cm³/mol. The lowest BCUT2D eigenvalue weighted by Gasteiger charge is -2.29. The summed E-state index contributed by atoms with van der Waals surface area (Å²) in [5.41, 5.74) is 0. The third kappa shape index (κ3) is 0.759. The van der Waals surface area contributed by atoms with Crippen molar-refractivity contribution in [2.24, 2.45) is 11.8 Å². The van der Waals surface area contributed by atoms with Crippen molar-refractivity contribution >= 4 is 55.0 Å². The Morgan fingerprint density at radius 1 is 1.08 bits per heavy atom. The molecule has 0 unspecified atom stereocenters. The van der Waals surface area contributed by atoms with Crippen LogP contribution in [0.25, 0.3) is 0 Å². The number of hydrogen-bond acceptors (Lipinski definition) is 2. The summed E-state index contributed by atoms with van der Waals surface area (Å²) in [7, 11) is -3.03. The zero-order chi connectivity index (χ0) is 9.48. The van der Waals surface area contributed by atoms with Gasteiger partial charge in [0.25, 0.3) is 0 Å². The van der Waals surface area contributed by atoms with Gasteiger partial charge in [0.15, 0.2) is 12.6 Å². The third-order valence-corrected chi connectivity index (χ3v) is 11.2. The maximum Gasteiger partial charge on any atom is 0.188 e. The van der Waals surface area contributed by atoms with Crippen LogP contribution in [0.4, 0.5) is 0 Å². The van der Waals surface area contributed by atoms with Crippen molar-refractivity contribution in [2.45, 2.75) is 5.51 Å². The Bertz CT molecular complexity index is 429. The summed E-state index contributed by atoms with van der Waals surface area (Å²) in [6.45, 7) is 0. The second kappa shape index (κ2) is 2.18. The standard InChI is InChI=1S/C8H6I2O2S/c9-7-3-1-5-6(2-4-7)8(5,10)13(7,11)12/h1-6H/t5-,6-,7?,8?/m1/s1. The molecular formula is C8H6I2O2S. The largest absolute Gasteiger partial charge is 0.225 e. The highest BCUT2D eigenvalue weighted by molar-refractivity contribution is 14.1. The van der Waals surface area contributed by atoms with E-state index in [9.17, 15) is 8.42 Å². The summed E-state index contributed by atoms with van der Waals surface area (Å²) < 4.78 is 23.0. The average molecular weight is 420 g/mol. The van der Waals surface area contributed by atoms with Crippen molar-refractivity contribution in [3.05, 3.63) is 24.3 Å². The van der Waals surface area contributed by atoms with Gasteiger partial charge < -0.3 is 0 Å². The van der Waals surface area contributed by atoms with Crippen LogP contribution in [0, 0.1) is 11.8 Å². The minimum Gasteiger partial charge on any atom is -0.225 e. The molecule has 0 amide bonds. The van der Waals surface area contributed by atoms with E-state index in [1.54, 1.807) is 0 Å². The maximum absolute atomic E-state index is 12.1. The molecule has 3 aliphatic rings. The molecule has 2 atom stereocenters. The maximum atomic E-state index is 12.1. The van der Waals surface area contributed by atoms with Crippen molar-refractivity contribution in [3.8, 4) is 0 Å². The van der Waals surface area contributed by atoms with Crippen LogP contribution in [0.1, 0.15) is 0 Å². The molecule has 1 fully saturated rings. The number of hydrogen-bond donors (Lipinski definition) is 0. The lowest BCUT2D eigenvalue weighted by atomic mass is 10.3. The summed E-state index contributed by atoms with van der Waals surface area (Å²) in [5, 5.41) is 0. The number of alkyl halides is 2. The second-order valence-electron chi connectivity index (χ2n) is 3.67. The Morgan fingerprint density at radius 3 is 1.92 bits per heavy atom. The van der Waals surface area contributed by atoms with Crippen LogP contribution < -0.4 is 0 Å². The van der Waals surface area contributed by atoms with Crippen molar-refractivity contribution in [1.29, 1.82) is 0 Å². The summed E-state index contributed by atoms with van der Waals surface area (Å²) in [5.74, 6) is 0.444. The van der Waals surface area contributed by atoms with Crippen LogP contribution >= 0.6 is 45.2 Å². The summed E-state index contributed by atoms with van der Waals surface area (Å²) in [6, 6.07) is 0. The minimum atomic E-state index is -3.03.